The number of hydrogen-bond donors (Lipinski definition) is 1. The second-order valence-corrected chi connectivity index (χ2v) is 3.46. The topological polar surface area (TPSA) is 69.4 Å². The summed E-state index contributed by atoms with van der Waals surface area (Å²) in [5, 5.41) is 0. The minimum Gasteiger partial charge on any atom is -0.465 e. The molecule has 4 heteroatoms. The van der Waals surface area contributed by atoms with Gasteiger partial charge in [0.1, 0.15) is 5.92 Å². The average Bonchev–Trinajstić information content (AvgIpc) is 2.28. The lowest BCUT2D eigenvalue weighted by molar-refractivity contribution is -0.145. The van der Waals surface area contributed by atoms with Crippen LogP contribution in [0.15, 0.2) is 24.3 Å². The second-order valence-electron chi connectivity index (χ2n) is 3.46. The van der Waals surface area contributed by atoms with Crippen molar-refractivity contribution in [3.8, 4) is 0 Å². The second kappa shape index (κ2) is 5.30. The number of rotatable bonds is 4. The number of carbonyl (C=O) groups is 2. The molecule has 0 heterocycles. The van der Waals surface area contributed by atoms with E-state index < -0.39 is 11.9 Å². The zero-order valence-corrected chi connectivity index (χ0v) is 9.40. The van der Waals surface area contributed by atoms with Crippen molar-refractivity contribution < 1.29 is 14.3 Å². The van der Waals surface area contributed by atoms with E-state index in [0.717, 1.165) is 0 Å². The first-order valence-corrected chi connectivity index (χ1v) is 5.12. The van der Waals surface area contributed by atoms with E-state index in [9.17, 15) is 9.59 Å². The third kappa shape index (κ3) is 2.82. The van der Waals surface area contributed by atoms with Gasteiger partial charge in [-0.05, 0) is 38.1 Å². The van der Waals surface area contributed by atoms with Crippen LogP contribution in [0.4, 0.5) is 5.69 Å². The molecule has 0 aliphatic heterocycles. The molecule has 0 bridgehead atoms. The summed E-state index contributed by atoms with van der Waals surface area (Å²) in [6, 6.07) is 6.47. The van der Waals surface area contributed by atoms with Gasteiger partial charge >= 0.3 is 5.97 Å². The smallest absolute Gasteiger partial charge is 0.316 e. The quantitative estimate of drug-likeness (QED) is 0.363. The molecule has 0 saturated heterocycles. The van der Waals surface area contributed by atoms with Gasteiger partial charge in [-0.25, -0.2) is 0 Å². The molecule has 2 N–H and O–H groups in total. The van der Waals surface area contributed by atoms with E-state index in [-0.39, 0.29) is 12.4 Å². The highest BCUT2D eigenvalue weighted by atomic mass is 16.5. The van der Waals surface area contributed by atoms with Gasteiger partial charge in [0, 0.05) is 11.3 Å². The molecular formula is C12H15NO3. The van der Waals surface area contributed by atoms with Crippen LogP contribution >= 0.6 is 0 Å². The molecule has 0 aliphatic carbocycles. The standard InChI is InChI=1S/C12H15NO3/c1-3-16-12(15)8(2)11(14)9-4-6-10(13)7-5-9/h4-8H,3,13H2,1-2H3. The van der Waals surface area contributed by atoms with Crippen LogP contribution in [0.3, 0.4) is 0 Å². The first kappa shape index (κ1) is 12.2. The minimum absolute atomic E-state index is 0.251. The van der Waals surface area contributed by atoms with Crippen molar-refractivity contribution in [2.75, 3.05) is 12.3 Å². The van der Waals surface area contributed by atoms with E-state index in [0.29, 0.717) is 11.3 Å². The maximum atomic E-state index is 11.8. The molecule has 0 aliphatic rings. The van der Waals surface area contributed by atoms with Crippen molar-refractivity contribution in [3.63, 3.8) is 0 Å². The van der Waals surface area contributed by atoms with Crippen LogP contribution in [0.2, 0.25) is 0 Å². The van der Waals surface area contributed by atoms with Gasteiger partial charge in [0.15, 0.2) is 5.78 Å². The fourth-order valence-corrected chi connectivity index (χ4v) is 1.27. The van der Waals surface area contributed by atoms with E-state index in [2.05, 4.69) is 0 Å². The number of nitrogen functional groups attached to an aromatic ring is 1. The third-order valence-electron chi connectivity index (χ3n) is 2.23. The third-order valence-corrected chi connectivity index (χ3v) is 2.23. The summed E-state index contributed by atoms with van der Waals surface area (Å²) in [4.78, 5) is 23.2. The van der Waals surface area contributed by atoms with Gasteiger partial charge in [-0.3, -0.25) is 9.59 Å². The minimum atomic E-state index is -0.774. The number of carbonyl (C=O) groups excluding carboxylic acids is 2. The van der Waals surface area contributed by atoms with Crippen LogP contribution in [-0.4, -0.2) is 18.4 Å². The van der Waals surface area contributed by atoms with Crippen LogP contribution in [0.5, 0.6) is 0 Å². The Kier molecular flexibility index (Phi) is 4.05. The number of benzene rings is 1. The van der Waals surface area contributed by atoms with Gasteiger partial charge in [0.25, 0.3) is 0 Å². The van der Waals surface area contributed by atoms with Crippen LogP contribution in [0.25, 0.3) is 0 Å². The molecule has 1 rings (SSSR count). The molecule has 0 spiro atoms. The van der Waals surface area contributed by atoms with Crippen molar-refractivity contribution in [1.29, 1.82) is 0 Å². The van der Waals surface area contributed by atoms with Gasteiger partial charge in [0.05, 0.1) is 6.61 Å². The van der Waals surface area contributed by atoms with Crippen molar-refractivity contribution in [3.05, 3.63) is 29.8 Å². The first-order chi connectivity index (χ1) is 7.56. The summed E-state index contributed by atoms with van der Waals surface area (Å²) in [6.45, 7) is 3.52. The number of ether oxygens (including phenoxy) is 1. The van der Waals surface area contributed by atoms with E-state index in [4.69, 9.17) is 10.5 Å². The van der Waals surface area contributed by atoms with E-state index in [1.807, 2.05) is 0 Å². The lowest BCUT2D eigenvalue weighted by Crippen LogP contribution is -2.23. The summed E-state index contributed by atoms with van der Waals surface area (Å²) in [7, 11) is 0. The Hall–Kier alpha value is -1.84. The molecule has 0 saturated carbocycles. The highest BCUT2D eigenvalue weighted by Crippen LogP contribution is 2.12. The Morgan fingerprint density at radius 1 is 1.31 bits per heavy atom. The number of esters is 1. The van der Waals surface area contributed by atoms with Gasteiger partial charge in [-0.1, -0.05) is 0 Å². The Morgan fingerprint density at radius 3 is 2.38 bits per heavy atom. The molecule has 0 radical (unpaired) electrons. The molecule has 1 atom stereocenters. The summed E-state index contributed by atoms with van der Waals surface area (Å²) < 4.78 is 4.79. The number of ketones is 1. The Bertz CT molecular complexity index is 384. The summed E-state index contributed by atoms with van der Waals surface area (Å²) >= 11 is 0. The zero-order valence-electron chi connectivity index (χ0n) is 9.40. The van der Waals surface area contributed by atoms with E-state index in [1.54, 1.807) is 31.2 Å². The number of anilines is 1. The zero-order chi connectivity index (χ0) is 12.1. The number of Topliss-reactive ketones (excluding diaryl/α,β-unsaturated/α-hetero) is 1. The van der Waals surface area contributed by atoms with Crippen LogP contribution in [0, 0.1) is 5.92 Å². The molecule has 1 aromatic rings. The van der Waals surface area contributed by atoms with Crippen LogP contribution < -0.4 is 5.73 Å². The lowest BCUT2D eigenvalue weighted by atomic mass is 9.99. The predicted molar refractivity (Wildman–Crippen MR) is 61.0 cm³/mol. The fraction of sp³-hybridized carbons (Fsp3) is 0.333. The fourth-order valence-electron chi connectivity index (χ4n) is 1.27. The normalized spacial score (nSPS) is 11.9. The SMILES string of the molecule is CCOC(=O)C(C)C(=O)c1ccc(N)cc1. The largest absolute Gasteiger partial charge is 0.465 e. The summed E-state index contributed by atoms with van der Waals surface area (Å²) in [5.41, 5.74) is 6.56. The summed E-state index contributed by atoms with van der Waals surface area (Å²) in [6.07, 6.45) is 0. The van der Waals surface area contributed by atoms with Crippen LogP contribution in [-0.2, 0) is 9.53 Å². The van der Waals surface area contributed by atoms with Gasteiger partial charge < -0.3 is 10.5 Å². The molecule has 0 aromatic heterocycles. The van der Waals surface area contributed by atoms with E-state index in [1.165, 1.54) is 6.92 Å². The number of nitrogens with two attached hydrogens (primary N) is 1. The lowest BCUT2D eigenvalue weighted by Gasteiger charge is -2.09. The van der Waals surface area contributed by atoms with Crippen molar-refractivity contribution in [2.24, 2.45) is 5.92 Å². The predicted octanol–water partition coefficient (Wildman–Crippen LogP) is 1.65. The molecule has 0 amide bonds. The number of hydrogen-bond acceptors (Lipinski definition) is 4. The highest BCUT2D eigenvalue weighted by Gasteiger charge is 2.23. The maximum Gasteiger partial charge on any atom is 0.316 e. The van der Waals surface area contributed by atoms with Crippen molar-refractivity contribution in [2.45, 2.75) is 13.8 Å². The van der Waals surface area contributed by atoms with Crippen molar-refractivity contribution in [1.82, 2.24) is 0 Å². The average molecular weight is 221 g/mol. The van der Waals surface area contributed by atoms with Crippen molar-refractivity contribution >= 4 is 17.4 Å². The van der Waals surface area contributed by atoms with E-state index >= 15 is 0 Å². The monoisotopic (exact) mass is 221 g/mol. The molecule has 1 unspecified atom stereocenters. The van der Waals surface area contributed by atoms with Gasteiger partial charge in [-0.2, -0.15) is 0 Å². The maximum absolute atomic E-state index is 11.8. The first-order valence-electron chi connectivity index (χ1n) is 5.12. The molecule has 16 heavy (non-hydrogen) atoms. The Morgan fingerprint density at radius 2 is 1.88 bits per heavy atom. The summed E-state index contributed by atoms with van der Waals surface area (Å²) in [5.74, 6) is -1.52. The Labute approximate surface area is 94.4 Å². The van der Waals surface area contributed by atoms with Gasteiger partial charge in [0.2, 0.25) is 0 Å². The molecule has 86 valence electrons. The molecule has 0 fully saturated rings. The Balaban J connectivity index is 2.78. The van der Waals surface area contributed by atoms with Gasteiger partial charge in [-0.15, -0.1) is 0 Å². The van der Waals surface area contributed by atoms with Crippen LogP contribution in [0.1, 0.15) is 24.2 Å². The molecule has 4 nitrogen and oxygen atoms in total. The highest BCUT2D eigenvalue weighted by molar-refractivity contribution is 6.08. The molecule has 1 aromatic carbocycles. The molecular weight excluding hydrogens is 206 g/mol.